The summed E-state index contributed by atoms with van der Waals surface area (Å²) in [6.07, 6.45) is 3.37. The molecule has 0 bridgehead atoms. The van der Waals surface area contributed by atoms with E-state index in [9.17, 15) is 9.77 Å². The molecule has 0 saturated carbocycles. The van der Waals surface area contributed by atoms with Gasteiger partial charge < -0.3 is 14.2 Å². The molecule has 0 aliphatic heterocycles. The molecule has 0 saturated heterocycles. The number of rotatable bonds is 6. The molecule has 43 heavy (non-hydrogen) atoms. The van der Waals surface area contributed by atoms with E-state index < -0.39 is 5.20 Å². The smallest absolute Gasteiger partial charge is 0.339 e. The van der Waals surface area contributed by atoms with Gasteiger partial charge in [0, 0.05) is 33.2 Å². The predicted octanol–water partition coefficient (Wildman–Crippen LogP) is 9.93. The van der Waals surface area contributed by atoms with Crippen molar-refractivity contribution in [3.63, 3.8) is 0 Å². The fraction of sp³-hybridized carbons (Fsp3) is 0.444. The monoisotopic (exact) mass is 758 g/mol. The van der Waals surface area contributed by atoms with Crippen molar-refractivity contribution in [1.29, 1.82) is 0 Å². The Labute approximate surface area is 288 Å². The second kappa shape index (κ2) is 20.1. The van der Waals surface area contributed by atoms with Crippen molar-refractivity contribution >= 4 is 85.3 Å². The van der Waals surface area contributed by atoms with Crippen LogP contribution in [0.5, 0.6) is 17.2 Å². The standard InChI is InChI=1S/C9H11Cl2NO.C9H13ClNO2.C9H12ClNO.Cl3OP/c1-5-7(4-10)12-9(11)6(2)8(5)13-3;1-6-5-11(12)8(4-10)7(2)9(6)13-3;1-6-5-11-8(4-10)7(2)9(6)12-3;1-5(2,3)4/h4H2,1-3H3;5,12H,4H2,1-3H3;5H,4H2,1-3H3;/q;+1;;. The molecule has 0 aromatic carbocycles. The molecule has 8 nitrogen and oxygen atoms in total. The van der Waals surface area contributed by atoms with E-state index in [0.29, 0.717) is 22.6 Å². The molecule has 0 aliphatic rings. The van der Waals surface area contributed by atoms with E-state index in [1.807, 2.05) is 41.5 Å². The Morgan fingerprint density at radius 3 is 1.60 bits per heavy atom. The van der Waals surface area contributed by atoms with Gasteiger partial charge in [0.15, 0.2) is 0 Å². The minimum atomic E-state index is -3.22. The number of aryl methyl sites for hydroxylation is 2. The van der Waals surface area contributed by atoms with Gasteiger partial charge in [0.1, 0.15) is 28.3 Å². The first-order valence-corrected chi connectivity index (χ1v) is 18.7. The van der Waals surface area contributed by atoms with Crippen LogP contribution in [0, 0.1) is 41.5 Å². The van der Waals surface area contributed by atoms with Crippen LogP contribution in [0.3, 0.4) is 0 Å². The molecule has 16 heteroatoms. The number of ether oxygens (including phenoxy) is 3. The summed E-state index contributed by atoms with van der Waals surface area (Å²) in [5, 5.41) is 6.70. The van der Waals surface area contributed by atoms with Crippen LogP contribution in [0.2, 0.25) is 5.15 Å². The Balaban J connectivity index is 0.000000571. The largest absolute Gasteiger partial charge is 0.496 e. The molecule has 242 valence electrons. The summed E-state index contributed by atoms with van der Waals surface area (Å²) in [5.41, 5.74) is 7.97. The van der Waals surface area contributed by atoms with E-state index in [1.54, 1.807) is 33.7 Å². The zero-order chi connectivity index (χ0) is 33.7. The van der Waals surface area contributed by atoms with Gasteiger partial charge in [0.05, 0.1) is 55.6 Å². The number of methoxy groups -OCH3 is 3. The number of nitrogens with zero attached hydrogens (tertiary/aromatic N) is 3. The van der Waals surface area contributed by atoms with Crippen LogP contribution in [-0.4, -0.2) is 36.5 Å². The van der Waals surface area contributed by atoms with Crippen LogP contribution in [0.15, 0.2) is 12.4 Å². The Morgan fingerprint density at radius 2 is 1.19 bits per heavy atom. The van der Waals surface area contributed by atoms with Gasteiger partial charge in [-0.05, 0) is 75.3 Å². The Bertz CT molecular complexity index is 1370. The number of alkyl halides is 3. The van der Waals surface area contributed by atoms with E-state index in [2.05, 4.69) is 43.7 Å². The Hall–Kier alpha value is -1.09. The highest BCUT2D eigenvalue weighted by Crippen LogP contribution is 2.61. The predicted molar refractivity (Wildman–Crippen MR) is 179 cm³/mol. The van der Waals surface area contributed by atoms with Crippen molar-refractivity contribution < 1.29 is 28.7 Å². The van der Waals surface area contributed by atoms with E-state index >= 15 is 0 Å². The molecule has 1 N–H and O–H groups in total. The topological polar surface area (TPSA) is 94.7 Å². The third kappa shape index (κ3) is 13.4. The summed E-state index contributed by atoms with van der Waals surface area (Å²) < 4.78 is 26.2. The summed E-state index contributed by atoms with van der Waals surface area (Å²) >= 11 is 36.8. The summed E-state index contributed by atoms with van der Waals surface area (Å²) in [7, 11) is 4.88. The number of aromatic nitrogens is 3. The fourth-order valence-corrected chi connectivity index (χ4v) is 4.87. The van der Waals surface area contributed by atoms with Gasteiger partial charge in [-0.1, -0.05) is 11.6 Å². The lowest BCUT2D eigenvalue weighted by Gasteiger charge is -2.11. The van der Waals surface area contributed by atoms with E-state index in [4.69, 9.17) is 60.6 Å². The van der Waals surface area contributed by atoms with Crippen molar-refractivity contribution in [2.24, 2.45) is 0 Å². The van der Waals surface area contributed by atoms with Gasteiger partial charge in [-0.3, -0.25) is 14.8 Å². The zero-order valence-electron chi connectivity index (χ0n) is 25.3. The lowest BCUT2D eigenvalue weighted by Crippen LogP contribution is -2.36. The molecule has 0 spiro atoms. The highest BCUT2D eigenvalue weighted by Gasteiger charge is 2.19. The van der Waals surface area contributed by atoms with Gasteiger partial charge in [-0.25, -0.2) is 4.98 Å². The summed E-state index contributed by atoms with van der Waals surface area (Å²) in [6, 6.07) is 0. The molecule has 0 amide bonds. The van der Waals surface area contributed by atoms with Crippen LogP contribution in [0.4, 0.5) is 0 Å². The van der Waals surface area contributed by atoms with Crippen LogP contribution in [-0.2, 0) is 22.2 Å². The Morgan fingerprint density at radius 1 is 0.744 bits per heavy atom. The average Bonchev–Trinajstić information content (AvgIpc) is 2.91. The van der Waals surface area contributed by atoms with Crippen LogP contribution in [0.1, 0.15) is 50.5 Å². The van der Waals surface area contributed by atoms with Crippen LogP contribution in [0.25, 0.3) is 0 Å². The van der Waals surface area contributed by atoms with Gasteiger partial charge in [0.2, 0.25) is 6.20 Å². The third-order valence-electron chi connectivity index (χ3n) is 5.92. The Kier molecular flexibility index (Phi) is 19.6. The first kappa shape index (κ1) is 41.9. The van der Waals surface area contributed by atoms with Gasteiger partial charge in [-0.2, -0.15) is 0 Å². The average molecular weight is 762 g/mol. The van der Waals surface area contributed by atoms with Crippen molar-refractivity contribution in [3.8, 4) is 17.2 Å². The second-order valence-electron chi connectivity index (χ2n) is 8.74. The summed E-state index contributed by atoms with van der Waals surface area (Å²) in [6.45, 7) is 11.5. The minimum Gasteiger partial charge on any atom is -0.496 e. The normalized spacial score (nSPS) is 10.3. The van der Waals surface area contributed by atoms with E-state index in [1.165, 1.54) is 0 Å². The fourth-order valence-electron chi connectivity index (χ4n) is 3.83. The highest BCUT2D eigenvalue weighted by molar-refractivity contribution is 8.24. The van der Waals surface area contributed by atoms with Gasteiger partial charge >= 0.3 is 5.20 Å². The molecule has 3 heterocycles. The maximum Gasteiger partial charge on any atom is 0.339 e. The molecule has 0 unspecified atom stereocenters. The van der Waals surface area contributed by atoms with Crippen molar-refractivity contribution in [2.75, 3.05) is 21.3 Å². The number of pyridine rings is 3. The number of halogens is 7. The zero-order valence-corrected chi connectivity index (χ0v) is 31.5. The van der Waals surface area contributed by atoms with E-state index in [0.717, 1.165) is 66.7 Å². The van der Waals surface area contributed by atoms with Crippen LogP contribution >= 0.6 is 85.3 Å². The molecule has 3 aromatic heterocycles. The summed E-state index contributed by atoms with van der Waals surface area (Å²) in [4.78, 5) is 8.35. The lowest BCUT2D eigenvalue weighted by atomic mass is 10.1. The first-order chi connectivity index (χ1) is 19.9. The summed E-state index contributed by atoms with van der Waals surface area (Å²) in [5.74, 6) is 3.49. The number of hydrogen-bond acceptors (Lipinski definition) is 7. The molecule has 3 aromatic rings. The molecule has 0 aliphatic carbocycles. The highest BCUT2D eigenvalue weighted by atomic mass is 36.0. The molecule has 0 fully saturated rings. The first-order valence-electron chi connectivity index (χ1n) is 12.3. The van der Waals surface area contributed by atoms with Crippen molar-refractivity contribution in [3.05, 3.63) is 68.0 Å². The second-order valence-corrected chi connectivity index (χ2v) is 16.5. The maximum absolute atomic E-state index is 9.51. The maximum atomic E-state index is 9.51. The van der Waals surface area contributed by atoms with Gasteiger partial charge in [-0.15, -0.1) is 34.8 Å². The minimum absolute atomic E-state index is 0.263. The molecule has 0 atom stereocenters. The number of hydrogen-bond donors (Lipinski definition) is 1. The van der Waals surface area contributed by atoms with E-state index in [-0.39, 0.29) is 5.88 Å². The molecule has 3 rings (SSSR count). The van der Waals surface area contributed by atoms with Crippen LogP contribution < -0.4 is 18.9 Å². The van der Waals surface area contributed by atoms with Gasteiger partial charge in [0.25, 0.3) is 5.69 Å². The quantitative estimate of drug-likeness (QED) is 0.0879. The lowest BCUT2D eigenvalue weighted by molar-refractivity contribution is -0.909. The molecular weight excluding hydrogens is 725 g/mol. The molecular formula is C27H36Cl7N3O5P+. The third-order valence-corrected chi connectivity index (χ3v) is 7.05. The van der Waals surface area contributed by atoms with Crippen molar-refractivity contribution in [1.82, 2.24) is 9.97 Å². The SMILES string of the molecule is COc1c(C)c(Cl)nc(CCl)c1C.COc1c(C)c[n+](O)c(CCl)c1C.COc1c(C)cnc(CCl)c1C.O=P(Cl)(Cl)Cl. The van der Waals surface area contributed by atoms with Crippen molar-refractivity contribution in [2.45, 2.75) is 59.2 Å². The molecule has 0 radical (unpaired) electrons.